The molecular formula is C16H25N3O. The van der Waals surface area contributed by atoms with Gasteiger partial charge in [-0.25, -0.2) is 0 Å². The number of nitrogens with zero attached hydrogens (tertiary/aromatic N) is 1. The van der Waals surface area contributed by atoms with E-state index in [4.69, 9.17) is 5.73 Å². The van der Waals surface area contributed by atoms with E-state index in [2.05, 4.69) is 29.3 Å². The topological polar surface area (TPSA) is 58.4 Å². The zero-order valence-electron chi connectivity index (χ0n) is 12.4. The summed E-state index contributed by atoms with van der Waals surface area (Å²) in [5.74, 6) is 0.0844. The van der Waals surface area contributed by atoms with Gasteiger partial charge in [0.1, 0.15) is 0 Å². The first kappa shape index (κ1) is 15.0. The number of nitrogens with two attached hydrogens (primary N) is 1. The molecule has 3 N–H and O–H groups in total. The quantitative estimate of drug-likeness (QED) is 0.858. The molecule has 2 rings (SSSR count). The number of likely N-dealkylation sites (tertiary alicyclic amines) is 1. The van der Waals surface area contributed by atoms with Crippen LogP contribution in [0.2, 0.25) is 0 Å². The van der Waals surface area contributed by atoms with Crippen LogP contribution in [0.15, 0.2) is 24.3 Å². The van der Waals surface area contributed by atoms with Gasteiger partial charge in [-0.05, 0) is 44.4 Å². The number of hydrogen-bond donors (Lipinski definition) is 2. The Kier molecular flexibility index (Phi) is 5.15. The Morgan fingerprint density at radius 1 is 1.50 bits per heavy atom. The van der Waals surface area contributed by atoms with Gasteiger partial charge in [0.2, 0.25) is 5.91 Å². The van der Waals surface area contributed by atoms with Crippen molar-refractivity contribution in [3.8, 4) is 0 Å². The minimum absolute atomic E-state index is 0.0441. The molecule has 0 aromatic heterocycles. The van der Waals surface area contributed by atoms with Gasteiger partial charge in [-0.3, -0.25) is 9.69 Å². The van der Waals surface area contributed by atoms with Crippen molar-refractivity contribution in [3.05, 3.63) is 35.4 Å². The van der Waals surface area contributed by atoms with Crippen LogP contribution >= 0.6 is 0 Å². The van der Waals surface area contributed by atoms with Gasteiger partial charge in [0, 0.05) is 12.6 Å². The molecule has 1 saturated heterocycles. The maximum Gasteiger partial charge on any atom is 0.234 e. The van der Waals surface area contributed by atoms with Crippen LogP contribution < -0.4 is 11.1 Å². The summed E-state index contributed by atoms with van der Waals surface area (Å²) in [6.07, 6.45) is 2.25. The lowest BCUT2D eigenvalue weighted by atomic mass is 10.0. The third-order valence-corrected chi connectivity index (χ3v) is 4.15. The highest BCUT2D eigenvalue weighted by molar-refractivity contribution is 5.78. The molecule has 1 fully saturated rings. The molecule has 0 radical (unpaired) electrons. The van der Waals surface area contributed by atoms with E-state index in [1.165, 1.54) is 11.1 Å². The molecule has 1 amide bonds. The number of carbonyl (C=O) groups excluding carboxylic acids is 1. The van der Waals surface area contributed by atoms with Crippen LogP contribution in [0.1, 0.15) is 36.9 Å². The van der Waals surface area contributed by atoms with Crippen molar-refractivity contribution in [2.75, 3.05) is 19.6 Å². The smallest absolute Gasteiger partial charge is 0.234 e. The summed E-state index contributed by atoms with van der Waals surface area (Å²) in [5.41, 5.74) is 8.13. The zero-order chi connectivity index (χ0) is 14.5. The highest BCUT2D eigenvalue weighted by atomic mass is 16.2. The summed E-state index contributed by atoms with van der Waals surface area (Å²) in [6, 6.07) is 8.58. The Hall–Kier alpha value is -1.39. The Bertz CT molecular complexity index is 461. The van der Waals surface area contributed by atoms with Gasteiger partial charge in [-0.15, -0.1) is 0 Å². The van der Waals surface area contributed by atoms with E-state index in [0.29, 0.717) is 19.1 Å². The van der Waals surface area contributed by atoms with Crippen LogP contribution in [0, 0.1) is 6.92 Å². The molecule has 1 aromatic rings. The number of aryl methyl sites for hydroxylation is 1. The van der Waals surface area contributed by atoms with Gasteiger partial charge in [-0.2, -0.15) is 0 Å². The second kappa shape index (κ2) is 6.86. The largest absolute Gasteiger partial charge is 0.348 e. The van der Waals surface area contributed by atoms with E-state index in [1.54, 1.807) is 0 Å². The minimum Gasteiger partial charge on any atom is -0.348 e. The van der Waals surface area contributed by atoms with E-state index < -0.39 is 0 Å². The highest BCUT2D eigenvalue weighted by Crippen LogP contribution is 2.18. The fourth-order valence-corrected chi connectivity index (χ4v) is 2.99. The number of benzene rings is 1. The van der Waals surface area contributed by atoms with Crippen molar-refractivity contribution in [3.63, 3.8) is 0 Å². The van der Waals surface area contributed by atoms with Crippen LogP contribution in [0.3, 0.4) is 0 Å². The lowest BCUT2D eigenvalue weighted by Crippen LogP contribution is -2.43. The Morgan fingerprint density at radius 2 is 2.25 bits per heavy atom. The van der Waals surface area contributed by atoms with Crippen molar-refractivity contribution < 1.29 is 4.79 Å². The molecule has 2 unspecified atom stereocenters. The van der Waals surface area contributed by atoms with Crippen molar-refractivity contribution in [1.29, 1.82) is 0 Å². The van der Waals surface area contributed by atoms with Gasteiger partial charge in [0.05, 0.1) is 12.6 Å². The fourth-order valence-electron chi connectivity index (χ4n) is 2.99. The van der Waals surface area contributed by atoms with Crippen LogP contribution in [-0.2, 0) is 4.79 Å². The lowest BCUT2D eigenvalue weighted by molar-refractivity contribution is -0.123. The third-order valence-electron chi connectivity index (χ3n) is 4.15. The summed E-state index contributed by atoms with van der Waals surface area (Å²) in [5, 5.41) is 3.09. The summed E-state index contributed by atoms with van der Waals surface area (Å²) in [6.45, 7) is 6.18. The average molecular weight is 275 g/mol. The molecule has 4 heteroatoms. The molecule has 20 heavy (non-hydrogen) atoms. The van der Waals surface area contributed by atoms with Crippen LogP contribution in [-0.4, -0.2) is 36.5 Å². The molecule has 1 aliphatic heterocycles. The van der Waals surface area contributed by atoms with Crippen molar-refractivity contribution in [1.82, 2.24) is 10.2 Å². The van der Waals surface area contributed by atoms with Gasteiger partial charge in [-0.1, -0.05) is 24.3 Å². The van der Waals surface area contributed by atoms with E-state index in [-0.39, 0.29) is 11.9 Å². The molecule has 4 nitrogen and oxygen atoms in total. The lowest BCUT2D eigenvalue weighted by Gasteiger charge is -2.24. The summed E-state index contributed by atoms with van der Waals surface area (Å²) in [7, 11) is 0. The number of hydrogen-bond acceptors (Lipinski definition) is 3. The number of carbonyl (C=O) groups is 1. The molecule has 1 aromatic carbocycles. The molecular weight excluding hydrogens is 250 g/mol. The summed E-state index contributed by atoms with van der Waals surface area (Å²) < 4.78 is 0. The molecule has 0 aliphatic carbocycles. The number of amides is 1. The Balaban J connectivity index is 1.90. The summed E-state index contributed by atoms with van der Waals surface area (Å²) >= 11 is 0. The predicted molar refractivity (Wildman–Crippen MR) is 81.4 cm³/mol. The first-order valence-corrected chi connectivity index (χ1v) is 7.41. The van der Waals surface area contributed by atoms with E-state index in [1.807, 2.05) is 19.1 Å². The number of nitrogens with one attached hydrogen (secondary N) is 1. The second-order valence-corrected chi connectivity index (χ2v) is 5.65. The molecule has 110 valence electrons. The van der Waals surface area contributed by atoms with Gasteiger partial charge in [0.15, 0.2) is 0 Å². The zero-order valence-corrected chi connectivity index (χ0v) is 12.4. The van der Waals surface area contributed by atoms with Gasteiger partial charge < -0.3 is 11.1 Å². The Labute approximate surface area is 121 Å². The monoisotopic (exact) mass is 275 g/mol. The van der Waals surface area contributed by atoms with E-state index >= 15 is 0 Å². The van der Waals surface area contributed by atoms with E-state index in [9.17, 15) is 4.79 Å². The van der Waals surface area contributed by atoms with Crippen molar-refractivity contribution in [2.24, 2.45) is 5.73 Å². The molecule has 0 bridgehead atoms. The highest BCUT2D eigenvalue weighted by Gasteiger charge is 2.25. The maximum atomic E-state index is 12.2. The van der Waals surface area contributed by atoms with Crippen LogP contribution in [0.5, 0.6) is 0 Å². The predicted octanol–water partition coefficient (Wildman–Crippen LogP) is 1.60. The van der Waals surface area contributed by atoms with Crippen molar-refractivity contribution >= 4 is 5.91 Å². The first-order chi connectivity index (χ1) is 9.61. The van der Waals surface area contributed by atoms with Gasteiger partial charge >= 0.3 is 0 Å². The maximum absolute atomic E-state index is 12.2. The number of rotatable bonds is 5. The normalized spacial score (nSPS) is 20.9. The molecule has 2 atom stereocenters. The van der Waals surface area contributed by atoms with Gasteiger partial charge in [0.25, 0.3) is 0 Å². The second-order valence-electron chi connectivity index (χ2n) is 5.65. The first-order valence-electron chi connectivity index (χ1n) is 7.41. The Morgan fingerprint density at radius 3 is 2.95 bits per heavy atom. The average Bonchev–Trinajstić information content (AvgIpc) is 2.86. The molecule has 1 heterocycles. The van der Waals surface area contributed by atoms with E-state index in [0.717, 1.165) is 19.4 Å². The molecule has 0 spiro atoms. The molecule has 1 aliphatic rings. The minimum atomic E-state index is 0.0441. The SMILES string of the molecule is Cc1ccccc1C(C)NC(=O)CN1CCCC1CN. The standard InChI is InChI=1S/C16H25N3O/c1-12-6-3-4-8-15(12)13(2)18-16(20)11-19-9-5-7-14(19)10-17/h3-4,6,8,13-14H,5,7,9-11,17H2,1-2H3,(H,18,20). The fraction of sp³-hybridized carbons (Fsp3) is 0.562. The summed E-state index contributed by atoms with van der Waals surface area (Å²) in [4.78, 5) is 14.4. The van der Waals surface area contributed by atoms with Crippen molar-refractivity contribution in [2.45, 2.75) is 38.8 Å². The van der Waals surface area contributed by atoms with Crippen LogP contribution in [0.25, 0.3) is 0 Å². The van der Waals surface area contributed by atoms with Crippen LogP contribution in [0.4, 0.5) is 0 Å². The molecule has 0 saturated carbocycles. The third kappa shape index (κ3) is 3.58.